The fraction of sp³-hybridized carbons (Fsp3) is 0.583. The second kappa shape index (κ2) is 9.47. The first-order valence-electron chi connectivity index (χ1n) is 11.2. The van der Waals surface area contributed by atoms with E-state index in [0.717, 1.165) is 23.6 Å². The van der Waals surface area contributed by atoms with Gasteiger partial charge in [0.15, 0.2) is 0 Å². The lowest BCUT2D eigenvalue weighted by molar-refractivity contribution is -0.114. The second-order valence-corrected chi connectivity index (χ2v) is 8.55. The van der Waals surface area contributed by atoms with Gasteiger partial charge in [-0.2, -0.15) is 0 Å². The molecule has 0 unspecified atom stereocenters. The third-order valence-corrected chi connectivity index (χ3v) is 6.62. The van der Waals surface area contributed by atoms with Crippen LogP contribution in [0.25, 0.3) is 5.52 Å². The highest BCUT2D eigenvalue weighted by Gasteiger charge is 2.29. The molecule has 1 fully saturated rings. The Bertz CT molecular complexity index is 876. The number of primary amides is 1. The third-order valence-electron chi connectivity index (χ3n) is 6.62. The van der Waals surface area contributed by atoms with Crippen molar-refractivity contribution in [2.75, 3.05) is 0 Å². The Hall–Kier alpha value is -2.30. The van der Waals surface area contributed by atoms with E-state index in [1.54, 1.807) is 12.1 Å². The molecule has 0 bridgehead atoms. The van der Waals surface area contributed by atoms with E-state index in [2.05, 4.69) is 6.92 Å². The summed E-state index contributed by atoms with van der Waals surface area (Å²) in [6, 6.07) is 3.33. The zero-order chi connectivity index (χ0) is 21.0. The van der Waals surface area contributed by atoms with E-state index in [-0.39, 0.29) is 11.3 Å². The van der Waals surface area contributed by atoms with Crippen molar-refractivity contribution < 1.29 is 14.7 Å². The topological polar surface area (TPSA) is 84.8 Å². The van der Waals surface area contributed by atoms with Gasteiger partial charge in [-0.05, 0) is 55.2 Å². The lowest BCUT2D eigenvalue weighted by Gasteiger charge is -2.29. The van der Waals surface area contributed by atoms with Gasteiger partial charge in [-0.1, -0.05) is 52.4 Å². The molecule has 158 valence electrons. The number of nitrogens with zero attached hydrogens (tertiary/aromatic N) is 1. The van der Waals surface area contributed by atoms with Crippen LogP contribution in [0.1, 0.15) is 86.8 Å². The number of carbonyl (C=O) groups excluding carboxylic acids is 2. The molecule has 1 aliphatic rings. The van der Waals surface area contributed by atoms with Gasteiger partial charge in [-0.15, -0.1) is 0 Å². The van der Waals surface area contributed by atoms with E-state index >= 15 is 0 Å². The minimum Gasteiger partial charge on any atom is -0.506 e. The molecule has 3 rings (SSSR count). The van der Waals surface area contributed by atoms with Gasteiger partial charge in [0.05, 0.1) is 11.1 Å². The van der Waals surface area contributed by atoms with Crippen molar-refractivity contribution in [3.05, 3.63) is 35.2 Å². The van der Waals surface area contributed by atoms with Crippen LogP contribution in [-0.4, -0.2) is 21.2 Å². The molecule has 1 amide bonds. The number of unbranched alkanes of at least 4 members (excludes halogenated alkanes) is 2. The van der Waals surface area contributed by atoms with Gasteiger partial charge >= 0.3 is 0 Å². The van der Waals surface area contributed by atoms with Crippen molar-refractivity contribution in [1.82, 2.24) is 4.40 Å². The average molecular weight is 399 g/mol. The van der Waals surface area contributed by atoms with E-state index in [1.165, 1.54) is 51.4 Å². The maximum absolute atomic E-state index is 12.6. The highest BCUT2D eigenvalue weighted by molar-refractivity contribution is 6.44. The smallest absolute Gasteiger partial charge is 0.289 e. The van der Waals surface area contributed by atoms with Crippen molar-refractivity contribution in [3.63, 3.8) is 0 Å². The lowest BCUT2D eigenvalue weighted by Crippen LogP contribution is -2.24. The van der Waals surface area contributed by atoms with Crippen molar-refractivity contribution in [3.8, 4) is 5.75 Å². The molecule has 3 N–H and O–H groups in total. The zero-order valence-corrected chi connectivity index (χ0v) is 17.7. The maximum Gasteiger partial charge on any atom is 0.289 e. The minimum atomic E-state index is -0.977. The Morgan fingerprint density at radius 2 is 1.83 bits per heavy atom. The Balaban J connectivity index is 1.86. The van der Waals surface area contributed by atoms with Crippen LogP contribution in [0.4, 0.5) is 0 Å². The van der Waals surface area contributed by atoms with Gasteiger partial charge in [0.1, 0.15) is 5.75 Å². The first-order chi connectivity index (χ1) is 14.0. The highest BCUT2D eigenvalue weighted by atomic mass is 16.3. The summed E-state index contributed by atoms with van der Waals surface area (Å²) in [5.41, 5.74) is 7.89. The summed E-state index contributed by atoms with van der Waals surface area (Å²) in [5.74, 6) is -0.262. The summed E-state index contributed by atoms with van der Waals surface area (Å²) in [7, 11) is 0. The van der Waals surface area contributed by atoms with Crippen LogP contribution >= 0.6 is 0 Å². The molecular weight excluding hydrogens is 364 g/mol. The summed E-state index contributed by atoms with van der Waals surface area (Å²) in [6.45, 7) is 4.23. The molecule has 29 heavy (non-hydrogen) atoms. The molecule has 0 spiro atoms. The van der Waals surface area contributed by atoms with Crippen LogP contribution in [0.15, 0.2) is 18.3 Å². The molecule has 0 aromatic carbocycles. The Morgan fingerprint density at radius 1 is 1.14 bits per heavy atom. The van der Waals surface area contributed by atoms with E-state index in [4.69, 9.17) is 5.73 Å². The summed E-state index contributed by atoms with van der Waals surface area (Å²) < 4.78 is 1.90. The number of pyridine rings is 1. The lowest BCUT2D eigenvalue weighted by atomic mass is 9.77. The average Bonchev–Trinajstić information content (AvgIpc) is 3.03. The molecule has 2 aromatic heterocycles. The molecule has 0 saturated heterocycles. The number of amides is 1. The number of aromatic hydroxyl groups is 1. The monoisotopic (exact) mass is 398 g/mol. The summed E-state index contributed by atoms with van der Waals surface area (Å²) in [6.07, 6.45) is 13.6. The van der Waals surface area contributed by atoms with Gasteiger partial charge in [0.2, 0.25) is 0 Å². The number of ketones is 1. The quantitative estimate of drug-likeness (QED) is 0.361. The number of fused-ring (bicyclic) bond motifs is 1. The number of Topliss-reactive ketones (excluding diaryl/α,β-unsaturated/α-hetero) is 1. The largest absolute Gasteiger partial charge is 0.506 e. The predicted molar refractivity (Wildman–Crippen MR) is 115 cm³/mol. The molecule has 0 atom stereocenters. The van der Waals surface area contributed by atoms with Crippen LogP contribution < -0.4 is 5.73 Å². The van der Waals surface area contributed by atoms with Crippen LogP contribution in [0, 0.1) is 11.8 Å². The number of hydrogen-bond acceptors (Lipinski definition) is 3. The zero-order valence-electron chi connectivity index (χ0n) is 17.7. The second-order valence-electron chi connectivity index (χ2n) is 8.55. The normalized spacial score (nSPS) is 19.5. The SMILES string of the molecule is CCCCCC1CCC(Cc2c(CC)c(C(=O)C(N)=O)c3c(O)cccn23)CC1. The van der Waals surface area contributed by atoms with E-state index in [9.17, 15) is 14.7 Å². The Morgan fingerprint density at radius 3 is 2.45 bits per heavy atom. The minimum absolute atomic E-state index is 0.0117. The molecule has 1 aliphatic carbocycles. The van der Waals surface area contributed by atoms with Crippen LogP contribution in [-0.2, 0) is 17.6 Å². The summed E-state index contributed by atoms with van der Waals surface area (Å²) in [5, 5.41) is 10.4. The molecule has 2 heterocycles. The van der Waals surface area contributed by atoms with Crippen LogP contribution in [0.2, 0.25) is 0 Å². The van der Waals surface area contributed by atoms with Crippen LogP contribution in [0.5, 0.6) is 5.75 Å². The Kier molecular flexibility index (Phi) is 6.99. The maximum atomic E-state index is 12.6. The van der Waals surface area contributed by atoms with Gasteiger partial charge < -0.3 is 15.2 Å². The number of hydrogen-bond donors (Lipinski definition) is 2. The first-order valence-corrected chi connectivity index (χ1v) is 11.2. The number of rotatable bonds is 9. The molecule has 1 saturated carbocycles. The van der Waals surface area contributed by atoms with Crippen LogP contribution in [0.3, 0.4) is 0 Å². The van der Waals surface area contributed by atoms with Crippen molar-refractivity contribution in [1.29, 1.82) is 0 Å². The molecule has 0 aliphatic heterocycles. The summed E-state index contributed by atoms with van der Waals surface area (Å²) >= 11 is 0. The van der Waals surface area contributed by atoms with E-state index in [1.807, 2.05) is 17.5 Å². The van der Waals surface area contributed by atoms with E-state index in [0.29, 0.717) is 17.9 Å². The predicted octanol–water partition coefficient (Wildman–Crippen LogP) is 4.80. The molecule has 5 heteroatoms. The van der Waals surface area contributed by atoms with E-state index < -0.39 is 11.7 Å². The number of carbonyl (C=O) groups is 2. The Labute approximate surface area is 173 Å². The van der Waals surface area contributed by atoms with Gasteiger partial charge in [-0.3, -0.25) is 9.59 Å². The molecule has 5 nitrogen and oxygen atoms in total. The number of nitrogens with two attached hydrogens (primary N) is 1. The number of aromatic nitrogens is 1. The standard InChI is InChI=1S/C24H34N2O3/c1-3-5-6-8-16-10-12-17(13-11-16)15-19-18(4-2)21(23(28)24(25)29)22-20(27)9-7-14-26(19)22/h7,9,14,16-17,27H,3-6,8,10-13,15H2,1-2H3,(H2,25,29). The van der Waals surface area contributed by atoms with Crippen molar-refractivity contribution >= 4 is 17.2 Å². The van der Waals surface area contributed by atoms with Gasteiger partial charge in [0, 0.05) is 11.9 Å². The van der Waals surface area contributed by atoms with Crippen molar-refractivity contribution in [2.45, 2.75) is 78.1 Å². The van der Waals surface area contributed by atoms with Crippen molar-refractivity contribution in [2.24, 2.45) is 17.6 Å². The highest BCUT2D eigenvalue weighted by Crippen LogP contribution is 2.37. The molecule has 0 radical (unpaired) electrons. The molecular formula is C24H34N2O3. The van der Waals surface area contributed by atoms with Gasteiger partial charge in [-0.25, -0.2) is 0 Å². The first kappa shape index (κ1) is 21.4. The summed E-state index contributed by atoms with van der Waals surface area (Å²) in [4.78, 5) is 24.2. The third kappa shape index (κ3) is 4.49. The fourth-order valence-electron chi connectivity index (χ4n) is 5.05. The molecule has 2 aromatic rings. The van der Waals surface area contributed by atoms with Gasteiger partial charge in [0.25, 0.3) is 11.7 Å². The fourth-order valence-corrected chi connectivity index (χ4v) is 5.05.